The molecular formula is C16H24BrNO. The summed E-state index contributed by atoms with van der Waals surface area (Å²) >= 11 is 3.82. The quantitative estimate of drug-likeness (QED) is 0.830. The van der Waals surface area contributed by atoms with Gasteiger partial charge >= 0.3 is 0 Å². The molecule has 19 heavy (non-hydrogen) atoms. The van der Waals surface area contributed by atoms with Crippen LogP contribution >= 0.6 is 15.9 Å². The van der Waals surface area contributed by atoms with Gasteiger partial charge in [0.2, 0.25) is 0 Å². The van der Waals surface area contributed by atoms with E-state index in [4.69, 9.17) is 4.74 Å². The lowest BCUT2D eigenvalue weighted by molar-refractivity contribution is 0.260. The first-order valence-corrected chi connectivity index (χ1v) is 7.67. The molecule has 0 bridgehead atoms. The van der Waals surface area contributed by atoms with E-state index in [9.17, 15) is 0 Å². The second-order valence-electron chi connectivity index (χ2n) is 6.49. The molecule has 3 heteroatoms. The van der Waals surface area contributed by atoms with Gasteiger partial charge < -0.3 is 10.1 Å². The molecule has 1 N–H and O–H groups in total. The highest BCUT2D eigenvalue weighted by Crippen LogP contribution is 2.46. The van der Waals surface area contributed by atoms with Crippen molar-refractivity contribution in [2.75, 3.05) is 13.7 Å². The molecule has 0 saturated carbocycles. The Hall–Kier alpha value is -0.540. The third-order valence-corrected chi connectivity index (χ3v) is 5.17. The molecule has 2 nitrogen and oxygen atoms in total. The second-order valence-corrected chi connectivity index (χ2v) is 7.29. The third kappa shape index (κ3) is 2.43. The second kappa shape index (κ2) is 5.10. The Kier molecular flexibility index (Phi) is 3.99. The van der Waals surface area contributed by atoms with E-state index in [0.717, 1.165) is 18.7 Å². The summed E-state index contributed by atoms with van der Waals surface area (Å²) < 4.78 is 6.94. The standard InChI is InChI=1S/C16H24BrNO/c1-9-10(2)14(19-6)11-7-8-18-15(16(3,4)5)12(11)13(9)17/h15,18H,7-8H2,1-6H3. The Morgan fingerprint density at radius 2 is 1.84 bits per heavy atom. The maximum absolute atomic E-state index is 5.69. The first-order chi connectivity index (χ1) is 8.79. The van der Waals surface area contributed by atoms with Gasteiger partial charge in [-0.05, 0) is 48.9 Å². The van der Waals surface area contributed by atoms with Crippen molar-refractivity contribution in [1.82, 2.24) is 5.32 Å². The first-order valence-electron chi connectivity index (χ1n) is 6.87. The molecule has 0 amide bonds. The minimum absolute atomic E-state index is 0.185. The molecule has 0 spiro atoms. The van der Waals surface area contributed by atoms with Crippen LogP contribution in [0.1, 0.15) is 49.1 Å². The zero-order chi connectivity index (χ0) is 14.4. The van der Waals surface area contributed by atoms with E-state index in [-0.39, 0.29) is 5.41 Å². The highest BCUT2D eigenvalue weighted by atomic mass is 79.9. The molecule has 0 aromatic heterocycles. The van der Waals surface area contributed by atoms with Crippen LogP contribution < -0.4 is 10.1 Å². The SMILES string of the molecule is COc1c(C)c(C)c(Br)c2c1CCNC2C(C)(C)C. The van der Waals surface area contributed by atoms with Crippen molar-refractivity contribution in [1.29, 1.82) is 0 Å². The minimum atomic E-state index is 0.185. The predicted octanol–water partition coefficient (Wildman–Crippen LogP) is 4.31. The zero-order valence-corrected chi connectivity index (χ0v) is 14.4. The van der Waals surface area contributed by atoms with E-state index >= 15 is 0 Å². The van der Waals surface area contributed by atoms with Gasteiger partial charge in [-0.2, -0.15) is 0 Å². The van der Waals surface area contributed by atoms with Gasteiger partial charge in [0.05, 0.1) is 7.11 Å². The van der Waals surface area contributed by atoms with Crippen molar-refractivity contribution in [3.05, 3.63) is 26.7 Å². The summed E-state index contributed by atoms with van der Waals surface area (Å²) in [5.41, 5.74) is 5.48. The lowest BCUT2D eigenvalue weighted by Crippen LogP contribution is -2.38. The van der Waals surface area contributed by atoms with Gasteiger partial charge in [0.25, 0.3) is 0 Å². The number of fused-ring (bicyclic) bond motifs is 1. The van der Waals surface area contributed by atoms with Crippen LogP contribution in [-0.2, 0) is 6.42 Å². The maximum atomic E-state index is 5.69. The van der Waals surface area contributed by atoms with Gasteiger partial charge in [-0.15, -0.1) is 0 Å². The molecule has 2 rings (SSSR count). The number of hydrogen-bond donors (Lipinski definition) is 1. The topological polar surface area (TPSA) is 21.3 Å². The van der Waals surface area contributed by atoms with Crippen molar-refractivity contribution in [2.24, 2.45) is 5.41 Å². The van der Waals surface area contributed by atoms with Crippen molar-refractivity contribution >= 4 is 15.9 Å². The van der Waals surface area contributed by atoms with E-state index in [2.05, 4.69) is 55.9 Å². The van der Waals surface area contributed by atoms with Crippen LogP contribution in [-0.4, -0.2) is 13.7 Å². The van der Waals surface area contributed by atoms with Crippen LogP contribution in [0, 0.1) is 19.3 Å². The van der Waals surface area contributed by atoms with E-state index in [0.29, 0.717) is 6.04 Å². The summed E-state index contributed by atoms with van der Waals surface area (Å²) in [6, 6.07) is 0.360. The fourth-order valence-corrected chi connectivity index (χ4v) is 3.79. The minimum Gasteiger partial charge on any atom is -0.496 e. The number of benzene rings is 1. The fraction of sp³-hybridized carbons (Fsp3) is 0.625. The monoisotopic (exact) mass is 325 g/mol. The molecule has 0 aliphatic carbocycles. The van der Waals surface area contributed by atoms with Gasteiger partial charge in [-0.3, -0.25) is 0 Å². The molecule has 1 aromatic carbocycles. The molecule has 1 aromatic rings. The Labute approximate surface area is 125 Å². The highest BCUT2D eigenvalue weighted by molar-refractivity contribution is 9.10. The summed E-state index contributed by atoms with van der Waals surface area (Å²) in [5.74, 6) is 1.08. The molecule has 106 valence electrons. The smallest absolute Gasteiger partial charge is 0.125 e. The van der Waals surface area contributed by atoms with E-state index in [1.54, 1.807) is 7.11 Å². The number of halogens is 1. The van der Waals surface area contributed by atoms with Gasteiger partial charge in [-0.25, -0.2) is 0 Å². The largest absolute Gasteiger partial charge is 0.496 e. The molecule has 1 heterocycles. The average molecular weight is 326 g/mol. The molecule has 0 saturated heterocycles. The lowest BCUT2D eigenvalue weighted by Gasteiger charge is -2.38. The Bertz CT molecular complexity index is 503. The van der Waals surface area contributed by atoms with Crippen LogP contribution in [0.15, 0.2) is 4.47 Å². The molecule has 1 atom stereocenters. The molecule has 0 fully saturated rings. The summed E-state index contributed by atoms with van der Waals surface area (Å²) in [5, 5.41) is 3.67. The summed E-state index contributed by atoms with van der Waals surface area (Å²) in [6.45, 7) is 12.2. The number of hydrogen-bond acceptors (Lipinski definition) is 2. The van der Waals surface area contributed by atoms with E-state index < -0.39 is 0 Å². The summed E-state index contributed by atoms with van der Waals surface area (Å²) in [6.07, 6.45) is 1.03. The van der Waals surface area contributed by atoms with Gasteiger partial charge in [0.15, 0.2) is 0 Å². The molecular weight excluding hydrogens is 302 g/mol. The zero-order valence-electron chi connectivity index (χ0n) is 12.8. The Morgan fingerprint density at radius 3 is 2.37 bits per heavy atom. The van der Waals surface area contributed by atoms with Crippen molar-refractivity contribution in [3.63, 3.8) is 0 Å². The predicted molar refractivity (Wildman–Crippen MR) is 84.1 cm³/mol. The van der Waals surface area contributed by atoms with Crippen molar-refractivity contribution < 1.29 is 4.74 Å². The third-order valence-electron chi connectivity index (χ3n) is 4.15. The van der Waals surface area contributed by atoms with E-state index in [1.165, 1.54) is 26.7 Å². The number of nitrogens with one attached hydrogen (secondary N) is 1. The average Bonchev–Trinajstić information content (AvgIpc) is 2.35. The number of ether oxygens (including phenoxy) is 1. The highest BCUT2D eigenvalue weighted by Gasteiger charge is 2.34. The van der Waals surface area contributed by atoms with Crippen LogP contribution in [0.25, 0.3) is 0 Å². The molecule has 0 radical (unpaired) electrons. The van der Waals surface area contributed by atoms with Crippen LogP contribution in [0.2, 0.25) is 0 Å². The molecule has 1 aliphatic heterocycles. The van der Waals surface area contributed by atoms with E-state index in [1.807, 2.05) is 0 Å². The fourth-order valence-electron chi connectivity index (χ4n) is 3.03. The van der Waals surface area contributed by atoms with Gasteiger partial charge in [0.1, 0.15) is 5.75 Å². The summed E-state index contributed by atoms with van der Waals surface area (Å²) in [4.78, 5) is 0. The number of rotatable bonds is 1. The molecule has 1 unspecified atom stereocenters. The summed E-state index contributed by atoms with van der Waals surface area (Å²) in [7, 11) is 1.78. The van der Waals surface area contributed by atoms with Crippen LogP contribution in [0.4, 0.5) is 0 Å². The first kappa shape index (κ1) is 14.9. The lowest BCUT2D eigenvalue weighted by atomic mass is 9.77. The number of methoxy groups -OCH3 is 1. The maximum Gasteiger partial charge on any atom is 0.125 e. The normalized spacial score (nSPS) is 19.2. The van der Waals surface area contributed by atoms with Crippen molar-refractivity contribution in [2.45, 2.75) is 47.1 Å². The molecule has 1 aliphatic rings. The van der Waals surface area contributed by atoms with Crippen molar-refractivity contribution in [3.8, 4) is 5.75 Å². The Morgan fingerprint density at radius 1 is 1.21 bits per heavy atom. The van der Waals surface area contributed by atoms with Crippen LogP contribution in [0.3, 0.4) is 0 Å². The Balaban J connectivity index is 2.73. The van der Waals surface area contributed by atoms with Gasteiger partial charge in [-0.1, -0.05) is 36.7 Å². The van der Waals surface area contributed by atoms with Gasteiger partial charge in [0, 0.05) is 16.1 Å². The van der Waals surface area contributed by atoms with Crippen LogP contribution in [0.5, 0.6) is 5.75 Å².